The Morgan fingerprint density at radius 1 is 1.00 bits per heavy atom. The van der Waals surface area contributed by atoms with Crippen LogP contribution in [0.25, 0.3) is 11.1 Å². The van der Waals surface area contributed by atoms with E-state index in [1.165, 1.54) is 17.2 Å². The van der Waals surface area contributed by atoms with Crippen LogP contribution in [0, 0.1) is 19.7 Å². The van der Waals surface area contributed by atoms with Crippen LogP contribution in [0.4, 0.5) is 10.1 Å². The Kier molecular flexibility index (Phi) is 2.65. The SMILES string of the molecule is Cc1ccc(-c2ccc(F)c(N)c2)c(C)c1. The molecule has 0 spiro atoms. The van der Waals surface area contributed by atoms with Crippen LogP contribution in [0.1, 0.15) is 11.1 Å². The fraction of sp³-hybridized carbons (Fsp3) is 0.143. The summed E-state index contributed by atoms with van der Waals surface area (Å²) in [5.74, 6) is -0.367. The maximum Gasteiger partial charge on any atom is 0.146 e. The third kappa shape index (κ3) is 1.91. The second-order valence-corrected chi connectivity index (χ2v) is 4.05. The highest BCUT2D eigenvalue weighted by Gasteiger charge is 2.04. The molecule has 0 aromatic heterocycles. The van der Waals surface area contributed by atoms with E-state index in [-0.39, 0.29) is 11.5 Å². The van der Waals surface area contributed by atoms with Gasteiger partial charge in [0, 0.05) is 0 Å². The van der Waals surface area contributed by atoms with Gasteiger partial charge < -0.3 is 5.73 Å². The first-order valence-electron chi connectivity index (χ1n) is 5.20. The number of anilines is 1. The molecule has 0 aliphatic heterocycles. The Hall–Kier alpha value is -1.83. The lowest BCUT2D eigenvalue weighted by molar-refractivity contribution is 0.632. The fourth-order valence-electron chi connectivity index (χ4n) is 1.85. The van der Waals surface area contributed by atoms with Gasteiger partial charge in [0.1, 0.15) is 5.82 Å². The Morgan fingerprint density at radius 2 is 1.75 bits per heavy atom. The normalized spacial score (nSPS) is 10.4. The molecule has 2 aromatic rings. The number of nitrogens with two attached hydrogens (primary N) is 1. The predicted octanol–water partition coefficient (Wildman–Crippen LogP) is 3.69. The van der Waals surface area contributed by atoms with Crippen molar-refractivity contribution in [2.45, 2.75) is 13.8 Å². The van der Waals surface area contributed by atoms with Gasteiger partial charge in [-0.25, -0.2) is 4.39 Å². The lowest BCUT2D eigenvalue weighted by Gasteiger charge is -2.08. The average Bonchev–Trinajstić information content (AvgIpc) is 2.22. The molecular formula is C14H14FN. The van der Waals surface area contributed by atoms with Crippen LogP contribution < -0.4 is 5.73 Å². The fourth-order valence-corrected chi connectivity index (χ4v) is 1.85. The number of benzene rings is 2. The molecule has 16 heavy (non-hydrogen) atoms. The molecule has 0 aliphatic rings. The van der Waals surface area contributed by atoms with E-state index in [1.54, 1.807) is 12.1 Å². The van der Waals surface area contributed by atoms with E-state index in [4.69, 9.17) is 5.73 Å². The van der Waals surface area contributed by atoms with Gasteiger partial charge in [0.15, 0.2) is 0 Å². The molecule has 0 radical (unpaired) electrons. The van der Waals surface area contributed by atoms with Gasteiger partial charge in [-0.15, -0.1) is 0 Å². The van der Waals surface area contributed by atoms with E-state index in [9.17, 15) is 4.39 Å². The van der Waals surface area contributed by atoms with E-state index in [0.717, 1.165) is 11.1 Å². The number of rotatable bonds is 1. The Morgan fingerprint density at radius 3 is 2.38 bits per heavy atom. The number of nitrogen functional groups attached to an aromatic ring is 1. The van der Waals surface area contributed by atoms with E-state index in [0.29, 0.717) is 0 Å². The molecule has 2 aromatic carbocycles. The third-order valence-electron chi connectivity index (χ3n) is 2.69. The molecule has 0 heterocycles. The monoisotopic (exact) mass is 215 g/mol. The van der Waals surface area contributed by atoms with Crippen molar-refractivity contribution in [3.63, 3.8) is 0 Å². The summed E-state index contributed by atoms with van der Waals surface area (Å²) in [5.41, 5.74) is 10.2. The second-order valence-electron chi connectivity index (χ2n) is 4.05. The van der Waals surface area contributed by atoms with Crippen LogP contribution in [-0.2, 0) is 0 Å². The van der Waals surface area contributed by atoms with Crippen molar-refractivity contribution in [1.29, 1.82) is 0 Å². The highest BCUT2D eigenvalue weighted by atomic mass is 19.1. The molecule has 2 N–H and O–H groups in total. The molecule has 0 atom stereocenters. The molecule has 0 bridgehead atoms. The average molecular weight is 215 g/mol. The van der Waals surface area contributed by atoms with Crippen molar-refractivity contribution in [3.05, 3.63) is 53.3 Å². The lowest BCUT2D eigenvalue weighted by atomic mass is 9.98. The van der Waals surface area contributed by atoms with Crippen LogP contribution in [0.5, 0.6) is 0 Å². The van der Waals surface area contributed by atoms with Crippen LogP contribution in [0.3, 0.4) is 0 Å². The summed E-state index contributed by atoms with van der Waals surface area (Å²) in [5, 5.41) is 0. The summed E-state index contributed by atoms with van der Waals surface area (Å²) in [7, 11) is 0. The topological polar surface area (TPSA) is 26.0 Å². The zero-order valence-electron chi connectivity index (χ0n) is 9.42. The summed E-state index contributed by atoms with van der Waals surface area (Å²) in [6.07, 6.45) is 0. The van der Waals surface area contributed by atoms with Crippen molar-refractivity contribution in [2.24, 2.45) is 0 Å². The Labute approximate surface area is 94.7 Å². The van der Waals surface area contributed by atoms with Crippen molar-refractivity contribution >= 4 is 5.69 Å². The first-order valence-corrected chi connectivity index (χ1v) is 5.20. The predicted molar refractivity (Wildman–Crippen MR) is 65.7 cm³/mol. The highest BCUT2D eigenvalue weighted by Crippen LogP contribution is 2.26. The molecule has 0 saturated carbocycles. The van der Waals surface area contributed by atoms with E-state index >= 15 is 0 Å². The van der Waals surface area contributed by atoms with Crippen LogP contribution in [0.2, 0.25) is 0 Å². The van der Waals surface area contributed by atoms with Gasteiger partial charge in [-0.05, 0) is 42.7 Å². The summed E-state index contributed by atoms with van der Waals surface area (Å²) in [4.78, 5) is 0. The lowest BCUT2D eigenvalue weighted by Crippen LogP contribution is -1.92. The standard InChI is InChI=1S/C14H14FN/c1-9-3-5-12(10(2)7-9)11-4-6-13(15)14(16)8-11/h3-8H,16H2,1-2H3. The maximum atomic E-state index is 13.1. The molecule has 0 saturated heterocycles. The zero-order chi connectivity index (χ0) is 11.7. The summed E-state index contributed by atoms with van der Waals surface area (Å²) >= 11 is 0. The summed E-state index contributed by atoms with van der Waals surface area (Å²) in [6, 6.07) is 11.0. The quantitative estimate of drug-likeness (QED) is 0.721. The number of halogens is 1. The molecule has 2 heteroatoms. The number of hydrogen-bond acceptors (Lipinski definition) is 1. The molecular weight excluding hydrogens is 201 g/mol. The van der Waals surface area contributed by atoms with Crippen LogP contribution in [0.15, 0.2) is 36.4 Å². The minimum Gasteiger partial charge on any atom is -0.396 e. The van der Waals surface area contributed by atoms with E-state index in [1.807, 2.05) is 19.1 Å². The van der Waals surface area contributed by atoms with Crippen molar-refractivity contribution in [1.82, 2.24) is 0 Å². The minimum atomic E-state index is -0.367. The largest absolute Gasteiger partial charge is 0.396 e. The second kappa shape index (κ2) is 3.97. The van der Waals surface area contributed by atoms with Gasteiger partial charge in [-0.1, -0.05) is 29.8 Å². The van der Waals surface area contributed by atoms with Crippen molar-refractivity contribution in [2.75, 3.05) is 5.73 Å². The molecule has 0 aliphatic carbocycles. The zero-order valence-corrected chi connectivity index (χ0v) is 9.42. The first kappa shape index (κ1) is 10.7. The van der Waals surface area contributed by atoms with Gasteiger partial charge in [-0.3, -0.25) is 0 Å². The van der Waals surface area contributed by atoms with E-state index in [2.05, 4.69) is 13.0 Å². The third-order valence-corrected chi connectivity index (χ3v) is 2.69. The minimum absolute atomic E-state index is 0.192. The molecule has 0 fully saturated rings. The Bertz CT molecular complexity index is 532. The van der Waals surface area contributed by atoms with Gasteiger partial charge in [-0.2, -0.15) is 0 Å². The maximum absolute atomic E-state index is 13.1. The number of aryl methyl sites for hydroxylation is 2. The smallest absolute Gasteiger partial charge is 0.146 e. The first-order chi connectivity index (χ1) is 7.58. The van der Waals surface area contributed by atoms with Gasteiger partial charge in [0.25, 0.3) is 0 Å². The molecule has 0 amide bonds. The number of hydrogen-bond donors (Lipinski definition) is 1. The van der Waals surface area contributed by atoms with Crippen molar-refractivity contribution < 1.29 is 4.39 Å². The summed E-state index contributed by atoms with van der Waals surface area (Å²) in [6.45, 7) is 4.09. The summed E-state index contributed by atoms with van der Waals surface area (Å²) < 4.78 is 13.1. The molecule has 1 nitrogen and oxygen atoms in total. The highest BCUT2D eigenvalue weighted by molar-refractivity contribution is 5.70. The molecule has 82 valence electrons. The molecule has 0 unspecified atom stereocenters. The van der Waals surface area contributed by atoms with Crippen molar-refractivity contribution in [3.8, 4) is 11.1 Å². The van der Waals surface area contributed by atoms with Gasteiger partial charge in [0.05, 0.1) is 5.69 Å². The van der Waals surface area contributed by atoms with E-state index < -0.39 is 0 Å². The van der Waals surface area contributed by atoms with Crippen LogP contribution in [-0.4, -0.2) is 0 Å². The van der Waals surface area contributed by atoms with Gasteiger partial charge in [0.2, 0.25) is 0 Å². The molecule has 2 rings (SSSR count). The Balaban J connectivity index is 2.54. The van der Waals surface area contributed by atoms with Crippen LogP contribution >= 0.6 is 0 Å². The van der Waals surface area contributed by atoms with Gasteiger partial charge >= 0.3 is 0 Å².